The molecule has 1 N–H and O–H groups in total. The molecule has 0 aliphatic rings. The van der Waals surface area contributed by atoms with Crippen LogP contribution in [-0.4, -0.2) is 69.4 Å². The maximum Gasteiger partial charge on any atom is 0.306 e. The number of rotatable bonds is 47. The molecule has 0 bridgehead atoms. The summed E-state index contributed by atoms with van der Waals surface area (Å²) in [5.41, 5.74) is 0. The number of esters is 1. The molecule has 0 radical (unpaired) electrons. The van der Waals surface area contributed by atoms with Crippen molar-refractivity contribution in [3.63, 3.8) is 0 Å². The predicted molar refractivity (Wildman–Crippen MR) is 275 cm³/mol. The second-order valence-electron chi connectivity index (χ2n) is 19.1. The minimum absolute atomic E-state index is 0.0277. The van der Waals surface area contributed by atoms with E-state index < -0.39 is 26.6 Å². The lowest BCUT2D eigenvalue weighted by Gasteiger charge is -2.30. The Morgan fingerprint density at radius 2 is 1.02 bits per heavy atom. The molecule has 0 aliphatic carbocycles. The molecule has 0 spiro atoms. The van der Waals surface area contributed by atoms with Crippen molar-refractivity contribution >= 4 is 19.7 Å². The zero-order chi connectivity index (χ0) is 48.0. The summed E-state index contributed by atoms with van der Waals surface area (Å²) in [5, 5.41) is 3.00. The number of amides is 1. The molecule has 0 heterocycles. The summed E-state index contributed by atoms with van der Waals surface area (Å²) in [4.78, 5) is 39.7. The third-order valence-corrected chi connectivity index (χ3v) is 12.5. The van der Waals surface area contributed by atoms with Crippen molar-refractivity contribution in [2.24, 2.45) is 0 Å². The number of phosphoric ester groups is 1. The van der Waals surface area contributed by atoms with E-state index in [1.54, 1.807) is 0 Å². The number of ether oxygens (including phenoxy) is 1. The van der Waals surface area contributed by atoms with Crippen LogP contribution in [0.15, 0.2) is 60.8 Å². The number of allylic oxidation sites excluding steroid dienone is 9. The highest BCUT2D eigenvalue weighted by Gasteiger charge is 2.27. The standard InChI is InChI=1S/C55H101N2O7P/c1-7-10-13-16-19-22-25-27-28-30-33-35-38-41-44-47-54(58)56-52(51-63-65(60,61)62-50-49-57(4,5)6)53(46-43-40-37-34-32-29-26-23-20-17-14-11-8-2)64-55(59)48-45-42-39-36-31-24-21-18-15-12-9-3/h10,13,16,18-19,21-22,25,43,46,52-53H,7-9,11-12,14-15,17,20,23-24,26-42,44-45,47-51H2,1-6H3,(H-,56,58,60,61)/b13-10+,19-16+,21-18-,25-22+,46-43+. The first-order valence-electron chi connectivity index (χ1n) is 26.6. The maximum absolute atomic E-state index is 13.4. The second kappa shape index (κ2) is 45.5. The summed E-state index contributed by atoms with van der Waals surface area (Å²) in [7, 11) is 1.16. The van der Waals surface area contributed by atoms with E-state index in [0.717, 1.165) is 103 Å². The van der Waals surface area contributed by atoms with Crippen molar-refractivity contribution in [1.82, 2.24) is 5.32 Å². The maximum atomic E-state index is 13.4. The lowest BCUT2D eigenvalue weighted by Crippen LogP contribution is -2.47. The van der Waals surface area contributed by atoms with Gasteiger partial charge in [-0.3, -0.25) is 14.2 Å². The first kappa shape index (κ1) is 62.7. The molecule has 0 saturated carbocycles. The first-order valence-corrected chi connectivity index (χ1v) is 28.1. The van der Waals surface area contributed by atoms with Gasteiger partial charge in [0.25, 0.3) is 7.82 Å². The summed E-state index contributed by atoms with van der Waals surface area (Å²) >= 11 is 0. The van der Waals surface area contributed by atoms with Crippen LogP contribution in [0.1, 0.15) is 226 Å². The van der Waals surface area contributed by atoms with Crippen molar-refractivity contribution < 1.29 is 37.3 Å². The summed E-state index contributed by atoms with van der Waals surface area (Å²) < 4.78 is 30.1. The summed E-state index contributed by atoms with van der Waals surface area (Å²) in [6.45, 7) is 6.64. The van der Waals surface area contributed by atoms with E-state index in [9.17, 15) is 19.0 Å². The van der Waals surface area contributed by atoms with Gasteiger partial charge in [-0.25, -0.2) is 0 Å². The van der Waals surface area contributed by atoms with E-state index in [4.69, 9.17) is 13.8 Å². The van der Waals surface area contributed by atoms with Gasteiger partial charge in [0.15, 0.2) is 0 Å². The van der Waals surface area contributed by atoms with Crippen molar-refractivity contribution in [3.05, 3.63) is 60.8 Å². The second-order valence-corrected chi connectivity index (χ2v) is 20.5. The number of nitrogens with one attached hydrogen (secondary N) is 1. The lowest BCUT2D eigenvalue weighted by molar-refractivity contribution is -0.870. The van der Waals surface area contributed by atoms with Crippen LogP contribution >= 0.6 is 7.82 Å². The molecule has 10 heteroatoms. The van der Waals surface area contributed by atoms with Gasteiger partial charge >= 0.3 is 5.97 Å². The number of quaternary nitrogens is 1. The summed E-state index contributed by atoms with van der Waals surface area (Å²) in [6.07, 6.45) is 54.7. The Balaban J connectivity index is 5.45. The SMILES string of the molecule is CC/C=C/C=C/C=C/CCCCCCCCCC(=O)NC(COP(=O)([O-])OCC[N+](C)(C)C)C(/C=C/CCCCCCCCCCCCC)OC(=O)CCCCCCC/C=C\CCCC. The average molecular weight is 933 g/mol. The third-order valence-electron chi connectivity index (χ3n) is 11.5. The normalized spacial score (nSPS) is 14.4. The Morgan fingerprint density at radius 1 is 0.554 bits per heavy atom. The molecule has 0 aromatic heterocycles. The quantitative estimate of drug-likeness (QED) is 0.0161. The predicted octanol–water partition coefficient (Wildman–Crippen LogP) is 14.9. The number of carbonyl (C=O) groups excluding carboxylic acids is 2. The smallest absolute Gasteiger partial charge is 0.306 e. The van der Waals surface area contributed by atoms with Crippen LogP contribution in [0.2, 0.25) is 0 Å². The molecule has 0 aliphatic heterocycles. The van der Waals surface area contributed by atoms with Gasteiger partial charge in [0.2, 0.25) is 5.91 Å². The van der Waals surface area contributed by atoms with Crippen LogP contribution in [0.25, 0.3) is 0 Å². The van der Waals surface area contributed by atoms with Crippen molar-refractivity contribution in [1.29, 1.82) is 0 Å². The van der Waals surface area contributed by atoms with Crippen LogP contribution in [0.4, 0.5) is 0 Å². The summed E-state index contributed by atoms with van der Waals surface area (Å²) in [6, 6.07) is -0.896. The van der Waals surface area contributed by atoms with Gasteiger partial charge in [-0.1, -0.05) is 204 Å². The molecule has 0 rings (SSSR count). The van der Waals surface area contributed by atoms with Crippen LogP contribution in [0.5, 0.6) is 0 Å². The molecule has 378 valence electrons. The molecule has 9 nitrogen and oxygen atoms in total. The highest BCUT2D eigenvalue weighted by Crippen LogP contribution is 2.38. The molecule has 65 heavy (non-hydrogen) atoms. The monoisotopic (exact) mass is 933 g/mol. The fourth-order valence-electron chi connectivity index (χ4n) is 7.32. The number of phosphoric acid groups is 1. The topological polar surface area (TPSA) is 114 Å². The van der Waals surface area contributed by atoms with Gasteiger partial charge in [0, 0.05) is 12.8 Å². The molecule has 0 fully saturated rings. The fraction of sp³-hybridized carbons (Fsp3) is 0.782. The van der Waals surface area contributed by atoms with Gasteiger partial charge in [-0.15, -0.1) is 0 Å². The fourth-order valence-corrected chi connectivity index (χ4v) is 8.05. The highest BCUT2D eigenvalue weighted by molar-refractivity contribution is 7.45. The van der Waals surface area contributed by atoms with Crippen molar-refractivity contribution in [3.8, 4) is 0 Å². The van der Waals surface area contributed by atoms with Gasteiger partial charge in [-0.05, 0) is 70.3 Å². The van der Waals surface area contributed by atoms with Crippen LogP contribution in [0, 0.1) is 0 Å². The minimum atomic E-state index is -4.69. The molecule has 0 aromatic carbocycles. The number of likely N-dealkylation sites (N-methyl/N-ethyl adjacent to an activating group) is 1. The molecular weight excluding hydrogens is 832 g/mol. The van der Waals surface area contributed by atoms with Gasteiger partial charge in [0.05, 0.1) is 33.8 Å². The zero-order valence-corrected chi connectivity index (χ0v) is 43.8. The van der Waals surface area contributed by atoms with Gasteiger partial charge in [0.1, 0.15) is 19.3 Å². The van der Waals surface area contributed by atoms with Crippen LogP contribution in [-0.2, 0) is 27.9 Å². The molecular formula is C55H101N2O7P. The Morgan fingerprint density at radius 3 is 1.55 bits per heavy atom. The van der Waals surface area contributed by atoms with E-state index in [2.05, 4.69) is 74.7 Å². The molecule has 0 saturated heterocycles. The molecule has 3 unspecified atom stereocenters. The number of unbranched alkanes of at least 4 members (excludes halogenated alkanes) is 25. The van der Waals surface area contributed by atoms with E-state index in [1.807, 2.05) is 33.3 Å². The highest BCUT2D eigenvalue weighted by atomic mass is 31.2. The van der Waals surface area contributed by atoms with E-state index in [1.165, 1.54) is 89.9 Å². The number of carbonyl (C=O) groups is 2. The number of nitrogens with zero attached hydrogens (tertiary/aromatic N) is 1. The largest absolute Gasteiger partial charge is 0.756 e. The van der Waals surface area contributed by atoms with Crippen molar-refractivity contribution in [2.75, 3.05) is 40.9 Å². The number of hydrogen-bond acceptors (Lipinski definition) is 7. The van der Waals surface area contributed by atoms with E-state index >= 15 is 0 Å². The van der Waals surface area contributed by atoms with E-state index in [0.29, 0.717) is 17.4 Å². The average Bonchev–Trinajstić information content (AvgIpc) is 3.26. The summed E-state index contributed by atoms with van der Waals surface area (Å²) in [5.74, 6) is -0.569. The third kappa shape index (κ3) is 46.6. The molecule has 1 amide bonds. The molecule has 0 aromatic rings. The van der Waals surface area contributed by atoms with Crippen molar-refractivity contribution in [2.45, 2.75) is 238 Å². The Bertz CT molecular complexity index is 1300. The molecule has 3 atom stereocenters. The zero-order valence-electron chi connectivity index (χ0n) is 42.9. The van der Waals surface area contributed by atoms with Crippen LogP contribution in [0.3, 0.4) is 0 Å². The first-order chi connectivity index (χ1) is 31.4. The Hall–Kier alpha value is -2.29. The van der Waals surface area contributed by atoms with Crippen LogP contribution < -0.4 is 10.2 Å². The van der Waals surface area contributed by atoms with E-state index in [-0.39, 0.29) is 24.9 Å². The Kier molecular flexibility index (Phi) is 43.9. The number of hydrogen-bond donors (Lipinski definition) is 1. The Labute approximate surface area is 401 Å². The lowest BCUT2D eigenvalue weighted by atomic mass is 10.0. The van der Waals surface area contributed by atoms with Gasteiger partial charge < -0.3 is 28.5 Å². The minimum Gasteiger partial charge on any atom is -0.756 e. The van der Waals surface area contributed by atoms with Gasteiger partial charge in [-0.2, -0.15) is 0 Å².